The number of benzene rings is 1. The molecule has 0 spiro atoms. The fourth-order valence-corrected chi connectivity index (χ4v) is 1.80. The molecule has 0 aliphatic carbocycles. The number of likely N-dealkylation sites (N-methyl/N-ethyl adjacent to an activating group) is 1. The number of nitrogens with zero attached hydrogens (tertiary/aromatic N) is 2. The van der Waals surface area contributed by atoms with Crippen LogP contribution in [0.25, 0.3) is 0 Å². The first kappa shape index (κ1) is 16.5. The SMILES string of the molecule is CCN(CC(=O)OC)C(=O)N(C)c1ccccc1C(=O)O. The van der Waals surface area contributed by atoms with E-state index >= 15 is 0 Å². The van der Waals surface area contributed by atoms with Crippen LogP contribution in [0.3, 0.4) is 0 Å². The van der Waals surface area contributed by atoms with Gasteiger partial charge in [-0.2, -0.15) is 0 Å². The number of carboxylic acids is 1. The molecule has 0 radical (unpaired) electrons. The third-order valence-corrected chi connectivity index (χ3v) is 2.98. The van der Waals surface area contributed by atoms with Gasteiger partial charge in [0.2, 0.25) is 0 Å². The van der Waals surface area contributed by atoms with Crippen molar-refractivity contribution in [2.24, 2.45) is 0 Å². The number of esters is 1. The van der Waals surface area contributed by atoms with Crippen LogP contribution >= 0.6 is 0 Å². The molecular formula is C14H18N2O5. The largest absolute Gasteiger partial charge is 0.478 e. The first-order chi connectivity index (χ1) is 9.92. The molecule has 2 amide bonds. The van der Waals surface area contributed by atoms with E-state index in [9.17, 15) is 14.4 Å². The van der Waals surface area contributed by atoms with Crippen LogP contribution in [-0.2, 0) is 9.53 Å². The minimum Gasteiger partial charge on any atom is -0.478 e. The van der Waals surface area contributed by atoms with Crippen LogP contribution in [-0.4, -0.2) is 55.2 Å². The van der Waals surface area contributed by atoms with Crippen LogP contribution in [0.1, 0.15) is 17.3 Å². The Kier molecular flexibility index (Phi) is 5.71. The van der Waals surface area contributed by atoms with Crippen LogP contribution in [0, 0.1) is 0 Å². The molecule has 1 rings (SSSR count). The maximum absolute atomic E-state index is 12.4. The van der Waals surface area contributed by atoms with Gasteiger partial charge in [0.1, 0.15) is 6.54 Å². The summed E-state index contributed by atoms with van der Waals surface area (Å²) in [5.41, 5.74) is 0.279. The lowest BCUT2D eigenvalue weighted by Crippen LogP contribution is -2.44. The summed E-state index contributed by atoms with van der Waals surface area (Å²) in [6.07, 6.45) is 0. The van der Waals surface area contributed by atoms with Crippen LogP contribution in [0.15, 0.2) is 24.3 Å². The molecule has 1 aromatic carbocycles. The Bertz CT molecular complexity index is 544. The van der Waals surface area contributed by atoms with E-state index in [-0.39, 0.29) is 17.8 Å². The monoisotopic (exact) mass is 294 g/mol. The van der Waals surface area contributed by atoms with Crippen molar-refractivity contribution in [3.8, 4) is 0 Å². The third kappa shape index (κ3) is 3.95. The molecule has 0 saturated carbocycles. The number of carbonyl (C=O) groups excluding carboxylic acids is 2. The van der Waals surface area contributed by atoms with E-state index in [4.69, 9.17) is 5.11 Å². The summed E-state index contributed by atoms with van der Waals surface area (Å²) in [5.74, 6) is -1.66. The molecule has 114 valence electrons. The van der Waals surface area contributed by atoms with E-state index in [0.717, 1.165) is 0 Å². The summed E-state index contributed by atoms with van der Waals surface area (Å²) in [4.78, 5) is 37.3. The Morgan fingerprint density at radius 3 is 2.38 bits per heavy atom. The quantitative estimate of drug-likeness (QED) is 0.830. The first-order valence-electron chi connectivity index (χ1n) is 6.34. The number of methoxy groups -OCH3 is 1. The van der Waals surface area contributed by atoms with E-state index in [2.05, 4.69) is 4.74 Å². The molecule has 1 aromatic rings. The molecule has 0 saturated heterocycles. The molecule has 0 unspecified atom stereocenters. The van der Waals surface area contributed by atoms with E-state index in [1.165, 1.54) is 36.1 Å². The minimum atomic E-state index is -1.12. The Morgan fingerprint density at radius 1 is 1.24 bits per heavy atom. The van der Waals surface area contributed by atoms with E-state index in [1.54, 1.807) is 19.1 Å². The smallest absolute Gasteiger partial charge is 0.337 e. The highest BCUT2D eigenvalue weighted by atomic mass is 16.5. The molecule has 7 heteroatoms. The van der Waals surface area contributed by atoms with Crippen molar-refractivity contribution in [3.05, 3.63) is 29.8 Å². The number of hydrogen-bond acceptors (Lipinski definition) is 4. The summed E-state index contributed by atoms with van der Waals surface area (Å²) in [6.45, 7) is 1.83. The Hall–Kier alpha value is -2.57. The van der Waals surface area contributed by atoms with Crippen LogP contribution in [0.5, 0.6) is 0 Å². The highest BCUT2D eigenvalue weighted by Crippen LogP contribution is 2.20. The molecule has 0 aromatic heterocycles. The van der Waals surface area contributed by atoms with Crippen molar-refractivity contribution >= 4 is 23.7 Å². The Labute approximate surface area is 122 Å². The van der Waals surface area contributed by atoms with Gasteiger partial charge in [-0.25, -0.2) is 9.59 Å². The minimum absolute atomic E-state index is 0.0162. The van der Waals surface area contributed by atoms with Crippen LogP contribution in [0.4, 0.5) is 10.5 Å². The van der Waals surface area contributed by atoms with E-state index < -0.39 is 18.0 Å². The molecular weight excluding hydrogens is 276 g/mol. The fraction of sp³-hybridized carbons (Fsp3) is 0.357. The maximum Gasteiger partial charge on any atom is 0.337 e. The number of aromatic carboxylic acids is 1. The summed E-state index contributed by atoms with van der Waals surface area (Å²) < 4.78 is 4.53. The molecule has 0 atom stereocenters. The number of carboxylic acid groups (broad SMARTS) is 1. The van der Waals surface area contributed by atoms with Crippen LogP contribution < -0.4 is 4.90 Å². The summed E-state index contributed by atoms with van der Waals surface area (Å²) in [6, 6.07) is 5.70. The zero-order valence-electron chi connectivity index (χ0n) is 12.2. The van der Waals surface area contributed by atoms with Gasteiger partial charge in [0.05, 0.1) is 18.4 Å². The van der Waals surface area contributed by atoms with E-state index in [1.807, 2.05) is 0 Å². The normalized spacial score (nSPS) is 9.86. The van der Waals surface area contributed by atoms with Gasteiger partial charge in [0, 0.05) is 13.6 Å². The van der Waals surface area contributed by atoms with Crippen molar-refractivity contribution in [1.29, 1.82) is 0 Å². The molecule has 0 aliphatic rings. The number of amides is 2. The molecule has 0 fully saturated rings. The topological polar surface area (TPSA) is 87.2 Å². The second-order valence-electron chi connectivity index (χ2n) is 4.25. The highest BCUT2D eigenvalue weighted by Gasteiger charge is 2.23. The van der Waals surface area contributed by atoms with Gasteiger partial charge in [-0.15, -0.1) is 0 Å². The third-order valence-electron chi connectivity index (χ3n) is 2.98. The van der Waals surface area contributed by atoms with Gasteiger partial charge in [-0.05, 0) is 19.1 Å². The highest BCUT2D eigenvalue weighted by molar-refractivity contribution is 6.01. The molecule has 0 aliphatic heterocycles. The van der Waals surface area contributed by atoms with Gasteiger partial charge in [0.25, 0.3) is 0 Å². The summed E-state index contributed by atoms with van der Waals surface area (Å²) in [7, 11) is 2.70. The van der Waals surface area contributed by atoms with Gasteiger partial charge >= 0.3 is 18.0 Å². The van der Waals surface area contributed by atoms with Crippen molar-refractivity contribution in [2.45, 2.75) is 6.92 Å². The standard InChI is InChI=1S/C14H18N2O5/c1-4-16(9-12(17)21-3)14(20)15(2)11-8-6-5-7-10(11)13(18)19/h5-8H,4,9H2,1-3H3,(H,18,19). The summed E-state index contributed by atoms with van der Waals surface area (Å²) >= 11 is 0. The van der Waals surface area contributed by atoms with E-state index in [0.29, 0.717) is 6.54 Å². The lowest BCUT2D eigenvalue weighted by Gasteiger charge is -2.27. The van der Waals surface area contributed by atoms with Gasteiger partial charge in [-0.1, -0.05) is 12.1 Å². The zero-order valence-corrected chi connectivity index (χ0v) is 12.2. The molecule has 1 N–H and O–H groups in total. The Morgan fingerprint density at radius 2 is 1.86 bits per heavy atom. The zero-order chi connectivity index (χ0) is 16.0. The number of urea groups is 1. The number of ether oxygens (including phenoxy) is 1. The summed E-state index contributed by atoms with van der Waals surface area (Å²) in [5, 5.41) is 9.15. The van der Waals surface area contributed by atoms with Gasteiger partial charge in [0.15, 0.2) is 0 Å². The number of rotatable bonds is 5. The maximum atomic E-state index is 12.4. The van der Waals surface area contributed by atoms with Gasteiger partial charge in [-0.3, -0.25) is 9.69 Å². The first-order valence-corrected chi connectivity index (χ1v) is 6.34. The lowest BCUT2D eigenvalue weighted by atomic mass is 10.1. The predicted octanol–water partition coefficient (Wildman–Crippen LogP) is 1.44. The predicted molar refractivity (Wildman–Crippen MR) is 76.5 cm³/mol. The molecule has 21 heavy (non-hydrogen) atoms. The van der Waals surface area contributed by atoms with Crippen LogP contribution in [0.2, 0.25) is 0 Å². The molecule has 0 bridgehead atoms. The molecule has 0 heterocycles. The average Bonchev–Trinajstić information content (AvgIpc) is 2.50. The number of anilines is 1. The second-order valence-corrected chi connectivity index (χ2v) is 4.25. The van der Waals surface area contributed by atoms with Gasteiger partial charge < -0.3 is 14.7 Å². The number of hydrogen-bond donors (Lipinski definition) is 1. The number of carbonyl (C=O) groups is 3. The van der Waals surface area contributed by atoms with Crippen molar-refractivity contribution in [1.82, 2.24) is 4.90 Å². The average molecular weight is 294 g/mol. The number of para-hydroxylation sites is 1. The van der Waals surface area contributed by atoms with Crippen molar-refractivity contribution < 1.29 is 24.2 Å². The van der Waals surface area contributed by atoms with Crippen molar-refractivity contribution in [3.63, 3.8) is 0 Å². The Balaban J connectivity index is 3.01. The lowest BCUT2D eigenvalue weighted by molar-refractivity contribution is -0.141. The molecule has 7 nitrogen and oxygen atoms in total. The van der Waals surface area contributed by atoms with Crippen molar-refractivity contribution in [2.75, 3.05) is 32.1 Å². The second kappa shape index (κ2) is 7.28. The fourth-order valence-electron chi connectivity index (χ4n) is 1.80.